The maximum atomic E-state index is 14.1. The van der Waals surface area contributed by atoms with Crippen LogP contribution in [0.5, 0.6) is 0 Å². The van der Waals surface area contributed by atoms with Crippen molar-refractivity contribution in [3.05, 3.63) is 100 Å². The Balaban J connectivity index is 1.91. The lowest BCUT2D eigenvalue weighted by Crippen LogP contribution is -2.47. The molecule has 214 valence electrons. The molecule has 0 aliphatic heterocycles. The molecule has 0 saturated carbocycles. The van der Waals surface area contributed by atoms with Crippen molar-refractivity contribution < 1.29 is 31.5 Å². The van der Waals surface area contributed by atoms with E-state index in [1.165, 1.54) is 42.5 Å². The molecule has 40 heavy (non-hydrogen) atoms. The highest BCUT2D eigenvalue weighted by molar-refractivity contribution is 7.89. The van der Waals surface area contributed by atoms with Gasteiger partial charge in [0.05, 0.1) is 10.5 Å². The number of primary amides is 1. The number of rotatable bonds is 11. The van der Waals surface area contributed by atoms with Crippen LogP contribution in [0.2, 0.25) is 5.02 Å². The standard InChI is InChI=1S/C29H31ClF2N2O5S/c1-29(2,3)39-28(36)21-9-7-19(8-10-21)18-34(40(37,38)24-15-12-22(30)13-16-24)26(27(33)35)6-4-5-20-11-14-23(31)17-25(20)32/h7-17,26H,4-6,18H2,1-3H3,(H2,33,35). The van der Waals surface area contributed by atoms with E-state index in [9.17, 15) is 26.8 Å². The maximum Gasteiger partial charge on any atom is 0.338 e. The molecule has 1 unspecified atom stereocenters. The van der Waals surface area contributed by atoms with E-state index >= 15 is 0 Å². The summed E-state index contributed by atoms with van der Waals surface area (Å²) in [5.41, 5.74) is 6.00. The minimum absolute atomic E-state index is 0.0189. The van der Waals surface area contributed by atoms with Crippen LogP contribution in [-0.2, 0) is 32.5 Å². The first-order valence-electron chi connectivity index (χ1n) is 12.5. The van der Waals surface area contributed by atoms with Crippen molar-refractivity contribution in [2.24, 2.45) is 5.73 Å². The molecule has 1 amide bonds. The smallest absolute Gasteiger partial charge is 0.338 e. The predicted molar refractivity (Wildman–Crippen MR) is 148 cm³/mol. The lowest BCUT2D eigenvalue weighted by Gasteiger charge is -2.29. The van der Waals surface area contributed by atoms with Crippen LogP contribution in [0.15, 0.2) is 71.6 Å². The fourth-order valence-corrected chi connectivity index (χ4v) is 5.75. The molecular formula is C29H31ClF2N2O5S. The maximum absolute atomic E-state index is 14.1. The number of amides is 1. The molecule has 0 aliphatic rings. The van der Waals surface area contributed by atoms with Gasteiger partial charge >= 0.3 is 5.97 Å². The van der Waals surface area contributed by atoms with Gasteiger partial charge in [-0.1, -0.05) is 29.8 Å². The largest absolute Gasteiger partial charge is 0.456 e. The first-order chi connectivity index (χ1) is 18.7. The summed E-state index contributed by atoms with van der Waals surface area (Å²) in [4.78, 5) is 24.9. The molecule has 0 aromatic heterocycles. The fourth-order valence-electron chi connectivity index (χ4n) is 4.01. The van der Waals surface area contributed by atoms with Gasteiger partial charge in [-0.3, -0.25) is 4.79 Å². The summed E-state index contributed by atoms with van der Waals surface area (Å²) in [6.45, 7) is 4.99. The van der Waals surface area contributed by atoms with Crippen molar-refractivity contribution in [2.45, 2.75) is 63.1 Å². The highest BCUT2D eigenvalue weighted by atomic mass is 35.5. The number of esters is 1. The summed E-state index contributed by atoms with van der Waals surface area (Å²) in [6.07, 6.45) is 0.310. The molecule has 7 nitrogen and oxygen atoms in total. The minimum Gasteiger partial charge on any atom is -0.456 e. The Labute approximate surface area is 237 Å². The number of aryl methyl sites for hydroxylation is 1. The van der Waals surface area contributed by atoms with Gasteiger partial charge in [-0.25, -0.2) is 22.0 Å². The van der Waals surface area contributed by atoms with Crippen LogP contribution >= 0.6 is 11.6 Å². The summed E-state index contributed by atoms with van der Waals surface area (Å²) >= 11 is 5.94. The highest BCUT2D eigenvalue weighted by Gasteiger charge is 2.35. The molecule has 3 rings (SSSR count). The molecule has 0 bridgehead atoms. The second-order valence-electron chi connectivity index (χ2n) is 10.2. The van der Waals surface area contributed by atoms with Crippen molar-refractivity contribution in [1.82, 2.24) is 4.31 Å². The first kappa shape index (κ1) is 31.2. The van der Waals surface area contributed by atoms with Crippen LogP contribution in [0.1, 0.15) is 55.1 Å². The van der Waals surface area contributed by atoms with Gasteiger partial charge < -0.3 is 10.5 Å². The van der Waals surface area contributed by atoms with E-state index in [4.69, 9.17) is 22.1 Å². The molecule has 3 aromatic rings. The van der Waals surface area contributed by atoms with Gasteiger partial charge in [0.25, 0.3) is 0 Å². The Morgan fingerprint density at radius 1 is 1.00 bits per heavy atom. The van der Waals surface area contributed by atoms with Gasteiger partial charge in [0, 0.05) is 17.6 Å². The lowest BCUT2D eigenvalue weighted by molar-refractivity contribution is -0.122. The number of nitrogens with two attached hydrogens (primary N) is 1. The summed E-state index contributed by atoms with van der Waals surface area (Å²) in [7, 11) is -4.26. The Hall–Kier alpha value is -3.34. The third kappa shape index (κ3) is 8.33. The molecular weight excluding hydrogens is 562 g/mol. The Morgan fingerprint density at radius 2 is 1.62 bits per heavy atom. The number of sulfonamides is 1. The van der Waals surface area contributed by atoms with Gasteiger partial charge in [0.2, 0.25) is 15.9 Å². The molecule has 3 aromatic carbocycles. The number of benzene rings is 3. The zero-order chi connectivity index (χ0) is 29.7. The zero-order valence-electron chi connectivity index (χ0n) is 22.4. The van der Waals surface area contributed by atoms with Gasteiger partial charge in [-0.15, -0.1) is 0 Å². The third-order valence-corrected chi connectivity index (χ3v) is 8.08. The van der Waals surface area contributed by atoms with Crippen LogP contribution in [0.25, 0.3) is 0 Å². The van der Waals surface area contributed by atoms with E-state index in [1.807, 2.05) is 0 Å². The van der Waals surface area contributed by atoms with E-state index in [0.717, 1.165) is 16.4 Å². The van der Waals surface area contributed by atoms with E-state index in [-0.39, 0.29) is 41.8 Å². The van der Waals surface area contributed by atoms with Crippen LogP contribution in [0, 0.1) is 11.6 Å². The van der Waals surface area contributed by atoms with Gasteiger partial charge in [-0.05, 0) is 93.6 Å². The van der Waals surface area contributed by atoms with Crippen LogP contribution in [0.4, 0.5) is 8.78 Å². The molecule has 0 heterocycles. The summed E-state index contributed by atoms with van der Waals surface area (Å²) in [6, 6.07) is 13.5. The summed E-state index contributed by atoms with van der Waals surface area (Å²) < 4.78 is 61.2. The second kappa shape index (κ2) is 12.9. The van der Waals surface area contributed by atoms with Crippen molar-refractivity contribution in [3.63, 3.8) is 0 Å². The SMILES string of the molecule is CC(C)(C)OC(=O)c1ccc(CN(C(CCCc2ccc(F)cc2F)C(N)=O)S(=O)(=O)c2ccc(Cl)cc2)cc1. The van der Waals surface area contributed by atoms with Gasteiger partial charge in [0.15, 0.2) is 0 Å². The fraction of sp³-hybridized carbons (Fsp3) is 0.310. The van der Waals surface area contributed by atoms with Crippen molar-refractivity contribution >= 4 is 33.5 Å². The highest BCUT2D eigenvalue weighted by Crippen LogP contribution is 2.26. The van der Waals surface area contributed by atoms with E-state index < -0.39 is 45.2 Å². The van der Waals surface area contributed by atoms with Crippen LogP contribution in [-0.4, -0.2) is 36.2 Å². The normalized spacial score (nSPS) is 12.8. The third-order valence-electron chi connectivity index (χ3n) is 5.96. The number of nitrogens with zero attached hydrogens (tertiary/aromatic N) is 1. The van der Waals surface area contributed by atoms with E-state index in [2.05, 4.69) is 0 Å². The molecule has 0 saturated heterocycles. The Kier molecular flexibility index (Phi) is 10.0. The molecule has 1 atom stereocenters. The van der Waals surface area contributed by atoms with E-state index in [0.29, 0.717) is 10.6 Å². The average Bonchev–Trinajstić information content (AvgIpc) is 2.86. The quantitative estimate of drug-likeness (QED) is 0.290. The molecule has 0 spiro atoms. The second-order valence-corrected chi connectivity index (χ2v) is 12.6. The minimum atomic E-state index is -4.26. The van der Waals surface area contributed by atoms with Crippen molar-refractivity contribution in [1.29, 1.82) is 0 Å². The lowest BCUT2D eigenvalue weighted by atomic mass is 10.0. The summed E-state index contributed by atoms with van der Waals surface area (Å²) in [5.74, 6) is -2.87. The number of ether oxygens (including phenoxy) is 1. The summed E-state index contributed by atoms with van der Waals surface area (Å²) in [5, 5.41) is 0.330. The Morgan fingerprint density at radius 3 is 2.17 bits per heavy atom. The predicted octanol–water partition coefficient (Wildman–Crippen LogP) is 5.64. The van der Waals surface area contributed by atoms with Gasteiger partial charge in [-0.2, -0.15) is 4.31 Å². The molecule has 0 fully saturated rings. The topological polar surface area (TPSA) is 107 Å². The number of hydrogen-bond donors (Lipinski definition) is 1. The number of carbonyl (C=O) groups is 2. The molecule has 0 radical (unpaired) electrons. The molecule has 2 N–H and O–H groups in total. The van der Waals surface area contributed by atoms with Crippen LogP contribution in [0.3, 0.4) is 0 Å². The number of carbonyl (C=O) groups excluding carboxylic acids is 2. The van der Waals surface area contributed by atoms with Crippen molar-refractivity contribution in [2.75, 3.05) is 0 Å². The van der Waals surface area contributed by atoms with E-state index in [1.54, 1.807) is 32.9 Å². The molecule has 11 heteroatoms. The number of halogens is 3. The van der Waals surface area contributed by atoms with Crippen molar-refractivity contribution in [3.8, 4) is 0 Å². The average molecular weight is 593 g/mol. The monoisotopic (exact) mass is 592 g/mol. The first-order valence-corrected chi connectivity index (χ1v) is 14.3. The van der Waals surface area contributed by atoms with Gasteiger partial charge in [0.1, 0.15) is 23.3 Å². The molecule has 0 aliphatic carbocycles. The Bertz CT molecular complexity index is 1460. The van der Waals surface area contributed by atoms with Crippen LogP contribution < -0.4 is 5.73 Å². The zero-order valence-corrected chi connectivity index (χ0v) is 23.9. The number of hydrogen-bond acceptors (Lipinski definition) is 5.